The molecule has 2 aliphatic rings. The number of pyridine rings is 1. The molecular formula is C24H27F3N4O3. The van der Waals surface area contributed by atoms with Crippen molar-refractivity contribution in [1.29, 1.82) is 0 Å². The molecule has 10 heteroatoms. The molecule has 0 atom stereocenters. The quantitative estimate of drug-likeness (QED) is 0.596. The van der Waals surface area contributed by atoms with Gasteiger partial charge in [0.25, 0.3) is 5.91 Å². The normalized spacial score (nSPS) is 23.7. The molecule has 1 aliphatic heterocycles. The number of halogens is 3. The van der Waals surface area contributed by atoms with Crippen molar-refractivity contribution in [1.82, 2.24) is 20.5 Å². The van der Waals surface area contributed by atoms with Gasteiger partial charge in [-0.2, -0.15) is 13.2 Å². The van der Waals surface area contributed by atoms with Crippen LogP contribution < -0.4 is 10.6 Å². The van der Waals surface area contributed by atoms with Gasteiger partial charge in [-0.05, 0) is 49.9 Å². The minimum absolute atomic E-state index is 0.0444. The molecule has 1 aromatic heterocycles. The van der Waals surface area contributed by atoms with E-state index in [0.29, 0.717) is 32.0 Å². The molecule has 7 nitrogen and oxygen atoms in total. The van der Waals surface area contributed by atoms with Gasteiger partial charge in [0.1, 0.15) is 0 Å². The Kier molecular flexibility index (Phi) is 6.90. The minimum Gasteiger partial charge on any atom is -0.385 e. The molecule has 34 heavy (non-hydrogen) atoms. The molecule has 0 unspecified atom stereocenters. The number of benzene rings is 1. The van der Waals surface area contributed by atoms with Crippen LogP contribution in [0.5, 0.6) is 0 Å². The van der Waals surface area contributed by atoms with Crippen molar-refractivity contribution in [3.63, 3.8) is 0 Å². The highest BCUT2D eigenvalue weighted by Gasteiger charge is 2.40. The summed E-state index contributed by atoms with van der Waals surface area (Å²) < 4.78 is 38.4. The van der Waals surface area contributed by atoms with Gasteiger partial charge in [0.05, 0.1) is 23.8 Å². The number of carbonyl (C=O) groups is 2. The number of likely N-dealkylation sites (tertiary alicyclic amines) is 1. The first-order valence-corrected chi connectivity index (χ1v) is 11.3. The number of nitrogens with one attached hydrogen (secondary N) is 2. The lowest BCUT2D eigenvalue weighted by molar-refractivity contribution is -0.137. The van der Waals surface area contributed by atoms with E-state index >= 15 is 0 Å². The molecule has 182 valence electrons. The summed E-state index contributed by atoms with van der Waals surface area (Å²) >= 11 is 0. The van der Waals surface area contributed by atoms with Crippen molar-refractivity contribution in [2.75, 3.05) is 19.6 Å². The van der Waals surface area contributed by atoms with Crippen molar-refractivity contribution in [3.8, 4) is 0 Å². The van der Waals surface area contributed by atoms with Crippen LogP contribution in [0.3, 0.4) is 0 Å². The standard InChI is InChI=1S/C24H27F3N4O3/c25-24(26,27)17-4-1-3-16(11-17)22(33)29-13-21(32)30-19-14-31(15-19)20-6-8-23(34,9-7-20)18-5-2-10-28-12-18/h1-5,10-12,19-20,34H,6-9,13-15H2,(H,29,33)(H,30,32). The van der Waals surface area contributed by atoms with Crippen LogP contribution in [0.1, 0.15) is 47.2 Å². The largest absolute Gasteiger partial charge is 0.416 e. The molecule has 0 spiro atoms. The minimum atomic E-state index is -4.54. The number of rotatable bonds is 6. The summed E-state index contributed by atoms with van der Waals surface area (Å²) in [6, 6.07) is 8.09. The summed E-state index contributed by atoms with van der Waals surface area (Å²) in [6.45, 7) is 1.06. The first-order chi connectivity index (χ1) is 16.1. The third-order valence-electron chi connectivity index (χ3n) is 6.63. The third-order valence-corrected chi connectivity index (χ3v) is 6.63. The van der Waals surface area contributed by atoms with Gasteiger partial charge < -0.3 is 15.7 Å². The molecule has 0 radical (unpaired) electrons. The highest BCUT2D eigenvalue weighted by molar-refractivity contribution is 5.96. The summed E-state index contributed by atoms with van der Waals surface area (Å²) in [5, 5.41) is 16.1. The maximum Gasteiger partial charge on any atom is 0.416 e. The van der Waals surface area contributed by atoms with Crippen molar-refractivity contribution in [2.45, 2.75) is 49.5 Å². The van der Waals surface area contributed by atoms with Crippen LogP contribution in [0.15, 0.2) is 48.8 Å². The van der Waals surface area contributed by atoms with E-state index in [9.17, 15) is 27.9 Å². The van der Waals surface area contributed by atoms with Gasteiger partial charge in [0.15, 0.2) is 0 Å². The van der Waals surface area contributed by atoms with E-state index in [1.165, 1.54) is 6.07 Å². The van der Waals surface area contributed by atoms with E-state index in [1.807, 2.05) is 12.1 Å². The summed E-state index contributed by atoms with van der Waals surface area (Å²) in [7, 11) is 0. The van der Waals surface area contributed by atoms with Crippen LogP contribution in [0.25, 0.3) is 0 Å². The van der Waals surface area contributed by atoms with Crippen molar-refractivity contribution < 1.29 is 27.9 Å². The number of aromatic nitrogens is 1. The maximum atomic E-state index is 12.8. The van der Waals surface area contributed by atoms with E-state index in [0.717, 1.165) is 36.6 Å². The summed E-state index contributed by atoms with van der Waals surface area (Å²) in [6.07, 6.45) is 1.85. The fraction of sp³-hybridized carbons (Fsp3) is 0.458. The molecule has 1 saturated heterocycles. The first-order valence-electron chi connectivity index (χ1n) is 11.3. The van der Waals surface area contributed by atoms with Crippen LogP contribution in [-0.2, 0) is 16.6 Å². The molecular weight excluding hydrogens is 449 g/mol. The average molecular weight is 476 g/mol. The number of aliphatic hydroxyl groups is 1. The van der Waals surface area contributed by atoms with Crippen molar-refractivity contribution in [3.05, 3.63) is 65.5 Å². The Hall–Kier alpha value is -2.98. The van der Waals surface area contributed by atoms with Gasteiger partial charge in [-0.3, -0.25) is 19.5 Å². The number of amides is 2. The van der Waals surface area contributed by atoms with E-state index < -0.39 is 23.2 Å². The van der Waals surface area contributed by atoms with Crippen LogP contribution >= 0.6 is 0 Å². The van der Waals surface area contributed by atoms with Gasteiger partial charge >= 0.3 is 6.18 Å². The van der Waals surface area contributed by atoms with Gasteiger partial charge in [-0.25, -0.2) is 0 Å². The Morgan fingerprint density at radius 1 is 1.15 bits per heavy atom. The number of hydrogen-bond donors (Lipinski definition) is 3. The van der Waals surface area contributed by atoms with E-state index in [1.54, 1.807) is 12.4 Å². The van der Waals surface area contributed by atoms with Gasteiger partial charge in [-0.15, -0.1) is 0 Å². The second-order valence-electron chi connectivity index (χ2n) is 8.98. The predicted octanol–water partition coefficient (Wildman–Crippen LogP) is 2.46. The Morgan fingerprint density at radius 3 is 2.53 bits per heavy atom. The lowest BCUT2D eigenvalue weighted by Gasteiger charge is -2.48. The molecule has 0 bridgehead atoms. The number of nitrogens with zero attached hydrogens (tertiary/aromatic N) is 2. The summed E-state index contributed by atoms with van der Waals surface area (Å²) in [5.74, 6) is -1.13. The average Bonchev–Trinajstić information content (AvgIpc) is 2.80. The second kappa shape index (κ2) is 9.71. The molecule has 2 heterocycles. The second-order valence-corrected chi connectivity index (χ2v) is 8.98. The molecule has 1 aromatic carbocycles. The van der Waals surface area contributed by atoms with Crippen LogP contribution in [0.2, 0.25) is 0 Å². The van der Waals surface area contributed by atoms with Crippen LogP contribution in [0, 0.1) is 0 Å². The Bertz CT molecular complexity index is 1020. The van der Waals surface area contributed by atoms with Crippen molar-refractivity contribution >= 4 is 11.8 Å². The van der Waals surface area contributed by atoms with E-state index in [2.05, 4.69) is 20.5 Å². The smallest absolute Gasteiger partial charge is 0.385 e. The van der Waals surface area contributed by atoms with Crippen LogP contribution in [-0.4, -0.2) is 58.5 Å². The summed E-state index contributed by atoms with van der Waals surface area (Å²) in [4.78, 5) is 30.7. The van der Waals surface area contributed by atoms with Gasteiger partial charge in [0.2, 0.25) is 5.91 Å². The molecule has 4 rings (SSSR count). The molecule has 1 saturated carbocycles. The molecule has 2 aromatic rings. The highest BCUT2D eigenvalue weighted by Crippen LogP contribution is 2.39. The monoisotopic (exact) mass is 476 g/mol. The van der Waals surface area contributed by atoms with Gasteiger partial charge in [0, 0.05) is 42.7 Å². The zero-order valence-electron chi connectivity index (χ0n) is 18.5. The van der Waals surface area contributed by atoms with Crippen molar-refractivity contribution in [2.24, 2.45) is 0 Å². The van der Waals surface area contributed by atoms with E-state index in [4.69, 9.17) is 0 Å². The van der Waals surface area contributed by atoms with Crippen LogP contribution in [0.4, 0.5) is 13.2 Å². The maximum absolute atomic E-state index is 12.8. The Labute approximate surface area is 195 Å². The van der Waals surface area contributed by atoms with Gasteiger partial charge in [-0.1, -0.05) is 12.1 Å². The molecule has 2 fully saturated rings. The lowest BCUT2D eigenvalue weighted by Crippen LogP contribution is -2.63. The molecule has 2 amide bonds. The van der Waals surface area contributed by atoms with E-state index in [-0.39, 0.29) is 24.1 Å². The highest BCUT2D eigenvalue weighted by atomic mass is 19.4. The Morgan fingerprint density at radius 2 is 1.88 bits per heavy atom. The fourth-order valence-electron chi connectivity index (χ4n) is 4.65. The zero-order chi connectivity index (χ0) is 24.3. The predicted molar refractivity (Wildman–Crippen MR) is 118 cm³/mol. The number of hydrogen-bond acceptors (Lipinski definition) is 5. The SMILES string of the molecule is O=C(CNC(=O)c1cccc(C(F)(F)F)c1)NC1CN(C2CCC(O)(c3cccnc3)CC2)C1. The number of alkyl halides is 3. The fourth-order valence-corrected chi connectivity index (χ4v) is 4.65. The molecule has 1 aliphatic carbocycles. The zero-order valence-corrected chi connectivity index (χ0v) is 18.5. The lowest BCUT2D eigenvalue weighted by atomic mass is 9.77. The summed E-state index contributed by atoms with van der Waals surface area (Å²) in [5.41, 5.74) is -1.07. The first kappa shape index (κ1) is 24.2. The number of carbonyl (C=O) groups excluding carboxylic acids is 2. The Balaban J connectivity index is 1.17. The third kappa shape index (κ3) is 5.56. The molecule has 3 N–H and O–H groups in total. The topological polar surface area (TPSA) is 94.6 Å².